The Morgan fingerprint density at radius 2 is 1.92 bits per heavy atom. The summed E-state index contributed by atoms with van der Waals surface area (Å²) in [5.74, 6) is 0.975. The first-order valence-corrected chi connectivity index (χ1v) is 8.57. The Morgan fingerprint density at radius 1 is 1.21 bits per heavy atom. The van der Waals surface area contributed by atoms with E-state index in [0.717, 1.165) is 38.5 Å². The fourth-order valence-corrected chi connectivity index (χ4v) is 2.96. The first-order chi connectivity index (χ1) is 11.5. The molecule has 0 radical (unpaired) electrons. The van der Waals surface area contributed by atoms with Gasteiger partial charge in [0.25, 0.3) is 5.91 Å². The first-order valence-electron chi connectivity index (χ1n) is 8.57. The van der Waals surface area contributed by atoms with Crippen molar-refractivity contribution in [2.75, 3.05) is 26.2 Å². The molecule has 1 fully saturated rings. The highest BCUT2D eigenvalue weighted by atomic mass is 16.5. The predicted octanol–water partition coefficient (Wildman–Crippen LogP) is 3.06. The molecule has 0 aliphatic carbocycles. The minimum atomic E-state index is -0.0267. The summed E-state index contributed by atoms with van der Waals surface area (Å²) in [5, 5.41) is 3.93. The topological polar surface area (TPSA) is 49.6 Å². The van der Waals surface area contributed by atoms with Gasteiger partial charge in [-0.2, -0.15) is 0 Å². The van der Waals surface area contributed by atoms with E-state index in [1.165, 1.54) is 11.1 Å². The van der Waals surface area contributed by atoms with Crippen LogP contribution in [0.4, 0.5) is 0 Å². The van der Waals surface area contributed by atoms with E-state index in [0.29, 0.717) is 5.69 Å². The molecule has 1 saturated heterocycles. The van der Waals surface area contributed by atoms with Crippen molar-refractivity contribution < 1.29 is 9.32 Å². The third-order valence-corrected chi connectivity index (χ3v) is 4.63. The third-order valence-electron chi connectivity index (χ3n) is 4.63. The van der Waals surface area contributed by atoms with Crippen LogP contribution < -0.4 is 0 Å². The highest BCUT2D eigenvalue weighted by molar-refractivity contribution is 5.92. The number of carbonyl (C=O) groups excluding carboxylic acids is 1. The summed E-state index contributed by atoms with van der Waals surface area (Å²) in [5.41, 5.74) is 3.10. The highest BCUT2D eigenvalue weighted by Gasteiger charge is 2.25. The molecule has 0 spiro atoms. The second-order valence-corrected chi connectivity index (χ2v) is 6.76. The number of piperazine rings is 1. The maximum absolute atomic E-state index is 12.5. The van der Waals surface area contributed by atoms with Gasteiger partial charge < -0.3 is 9.42 Å². The number of amides is 1. The van der Waals surface area contributed by atoms with Gasteiger partial charge in [0.2, 0.25) is 0 Å². The molecule has 5 heteroatoms. The van der Waals surface area contributed by atoms with Crippen LogP contribution in [0.25, 0.3) is 0 Å². The van der Waals surface area contributed by atoms with Crippen LogP contribution in [0.3, 0.4) is 0 Å². The van der Waals surface area contributed by atoms with Crippen LogP contribution in [0.1, 0.15) is 47.1 Å². The van der Waals surface area contributed by atoms with Gasteiger partial charge in [0.15, 0.2) is 5.69 Å². The number of aromatic nitrogens is 1. The number of hydrogen-bond donors (Lipinski definition) is 0. The lowest BCUT2D eigenvalue weighted by Gasteiger charge is -2.34. The van der Waals surface area contributed by atoms with Crippen molar-refractivity contribution in [3.8, 4) is 0 Å². The maximum Gasteiger partial charge on any atom is 0.276 e. The second-order valence-electron chi connectivity index (χ2n) is 6.76. The summed E-state index contributed by atoms with van der Waals surface area (Å²) in [6.07, 6.45) is 0. The Bertz CT molecular complexity index is 700. The maximum atomic E-state index is 12.5. The zero-order chi connectivity index (χ0) is 17.1. The lowest BCUT2D eigenvalue weighted by atomic mass is 10.1. The Kier molecular flexibility index (Phi) is 5.00. The fourth-order valence-electron chi connectivity index (χ4n) is 2.96. The quantitative estimate of drug-likeness (QED) is 0.866. The van der Waals surface area contributed by atoms with Crippen LogP contribution in [-0.4, -0.2) is 47.0 Å². The van der Waals surface area contributed by atoms with Crippen LogP contribution in [0.5, 0.6) is 0 Å². The van der Waals surface area contributed by atoms with Gasteiger partial charge in [0.1, 0.15) is 5.76 Å². The molecule has 1 aromatic carbocycles. The Hall–Kier alpha value is -2.14. The molecule has 1 aliphatic heterocycles. The lowest BCUT2D eigenvalue weighted by molar-refractivity contribution is 0.0618. The molecule has 2 aromatic rings. The minimum absolute atomic E-state index is 0.0267. The second kappa shape index (κ2) is 7.18. The number of hydrogen-bond acceptors (Lipinski definition) is 4. The number of aryl methyl sites for hydroxylation is 1. The van der Waals surface area contributed by atoms with Gasteiger partial charge in [-0.1, -0.05) is 43.3 Å². The molecule has 24 heavy (non-hydrogen) atoms. The SMILES string of the molecule is Cc1ccccc1CN1CCN(C(=O)c2cc(C(C)C)on2)CC1. The van der Waals surface area contributed by atoms with E-state index in [-0.39, 0.29) is 11.8 Å². The van der Waals surface area contributed by atoms with Crippen LogP contribution in [0.2, 0.25) is 0 Å². The molecule has 0 saturated carbocycles. The normalized spacial score (nSPS) is 15.9. The number of benzene rings is 1. The van der Waals surface area contributed by atoms with Crippen LogP contribution in [0.15, 0.2) is 34.9 Å². The van der Waals surface area contributed by atoms with Crippen molar-refractivity contribution in [2.24, 2.45) is 0 Å². The van der Waals surface area contributed by atoms with Crippen LogP contribution >= 0.6 is 0 Å². The Morgan fingerprint density at radius 3 is 2.54 bits per heavy atom. The van der Waals surface area contributed by atoms with Crippen molar-refractivity contribution in [3.63, 3.8) is 0 Å². The Balaban J connectivity index is 1.56. The third kappa shape index (κ3) is 3.67. The summed E-state index contributed by atoms with van der Waals surface area (Å²) in [4.78, 5) is 16.8. The fraction of sp³-hybridized carbons (Fsp3) is 0.474. The molecular formula is C19H25N3O2. The summed E-state index contributed by atoms with van der Waals surface area (Å²) in [7, 11) is 0. The zero-order valence-corrected chi connectivity index (χ0v) is 14.7. The molecule has 1 amide bonds. The number of rotatable bonds is 4. The number of nitrogens with zero attached hydrogens (tertiary/aromatic N) is 3. The van der Waals surface area contributed by atoms with Crippen molar-refractivity contribution in [2.45, 2.75) is 33.2 Å². The van der Waals surface area contributed by atoms with Gasteiger partial charge in [0.05, 0.1) is 0 Å². The van der Waals surface area contributed by atoms with Crippen LogP contribution in [-0.2, 0) is 6.54 Å². The molecule has 0 atom stereocenters. The molecule has 3 rings (SSSR count). The van der Waals surface area contributed by atoms with Gasteiger partial charge in [0, 0.05) is 44.7 Å². The molecule has 2 heterocycles. The lowest BCUT2D eigenvalue weighted by Crippen LogP contribution is -2.48. The molecule has 0 N–H and O–H groups in total. The molecule has 1 aliphatic rings. The van der Waals surface area contributed by atoms with Gasteiger partial charge in [-0.05, 0) is 18.1 Å². The van der Waals surface area contributed by atoms with Gasteiger partial charge in [-0.3, -0.25) is 9.69 Å². The summed E-state index contributed by atoms with van der Waals surface area (Å²) >= 11 is 0. The van der Waals surface area contributed by atoms with Gasteiger partial charge in [-0.25, -0.2) is 0 Å². The van der Waals surface area contributed by atoms with E-state index in [2.05, 4.69) is 41.2 Å². The molecule has 0 bridgehead atoms. The average molecular weight is 327 g/mol. The first kappa shape index (κ1) is 16.7. The van der Waals surface area contributed by atoms with E-state index < -0.39 is 0 Å². The highest BCUT2D eigenvalue weighted by Crippen LogP contribution is 2.17. The van der Waals surface area contributed by atoms with Crippen molar-refractivity contribution in [1.82, 2.24) is 15.0 Å². The van der Waals surface area contributed by atoms with Crippen molar-refractivity contribution in [1.29, 1.82) is 0 Å². The van der Waals surface area contributed by atoms with Gasteiger partial charge in [-0.15, -0.1) is 0 Å². The van der Waals surface area contributed by atoms with E-state index in [9.17, 15) is 4.79 Å². The average Bonchev–Trinajstić information content (AvgIpc) is 3.07. The molecule has 5 nitrogen and oxygen atoms in total. The zero-order valence-electron chi connectivity index (χ0n) is 14.7. The Labute approximate surface area is 143 Å². The predicted molar refractivity (Wildman–Crippen MR) is 93.0 cm³/mol. The van der Waals surface area contributed by atoms with Gasteiger partial charge >= 0.3 is 0 Å². The number of carbonyl (C=O) groups is 1. The van der Waals surface area contributed by atoms with Crippen molar-refractivity contribution in [3.05, 3.63) is 52.9 Å². The molecule has 0 unspecified atom stereocenters. The smallest absolute Gasteiger partial charge is 0.276 e. The van der Waals surface area contributed by atoms with E-state index in [1.807, 2.05) is 18.7 Å². The summed E-state index contributed by atoms with van der Waals surface area (Å²) in [6, 6.07) is 10.2. The van der Waals surface area contributed by atoms with Crippen LogP contribution in [0, 0.1) is 6.92 Å². The molecule has 1 aromatic heterocycles. The summed E-state index contributed by atoms with van der Waals surface area (Å²) in [6.45, 7) is 10.4. The van der Waals surface area contributed by atoms with E-state index in [1.54, 1.807) is 6.07 Å². The standard InChI is InChI=1S/C19H25N3O2/c1-14(2)18-12-17(20-24-18)19(23)22-10-8-21(9-11-22)13-16-7-5-4-6-15(16)3/h4-7,12,14H,8-11,13H2,1-3H3. The summed E-state index contributed by atoms with van der Waals surface area (Å²) < 4.78 is 5.24. The largest absolute Gasteiger partial charge is 0.360 e. The minimum Gasteiger partial charge on any atom is -0.360 e. The van der Waals surface area contributed by atoms with E-state index >= 15 is 0 Å². The molecular weight excluding hydrogens is 302 g/mol. The van der Waals surface area contributed by atoms with Crippen molar-refractivity contribution >= 4 is 5.91 Å². The van der Waals surface area contributed by atoms with E-state index in [4.69, 9.17) is 4.52 Å². The monoisotopic (exact) mass is 327 g/mol. The molecule has 128 valence electrons.